The molecule has 2 aromatic carbocycles. The number of thioether (sulfide) groups is 1. The van der Waals surface area contributed by atoms with Crippen molar-refractivity contribution in [1.29, 1.82) is 5.41 Å². The number of benzene rings is 2. The molecular weight excluding hydrogens is 452 g/mol. The number of ether oxygens (including phenoxy) is 3. The molecule has 0 aromatic heterocycles. The number of rotatable bonds is 9. The van der Waals surface area contributed by atoms with E-state index < -0.39 is 5.91 Å². The first-order valence-electron chi connectivity index (χ1n) is 11.1. The minimum absolute atomic E-state index is 0.0117. The minimum Gasteiger partial charge on any atom is -0.490 e. The number of para-hydroxylation sites is 1. The highest BCUT2D eigenvalue weighted by Gasteiger charge is 2.35. The van der Waals surface area contributed by atoms with Gasteiger partial charge in [0.05, 0.1) is 12.2 Å². The lowest BCUT2D eigenvalue weighted by Gasteiger charge is -2.20. The van der Waals surface area contributed by atoms with Crippen LogP contribution in [0.2, 0.25) is 0 Å². The highest BCUT2D eigenvalue weighted by Crippen LogP contribution is 2.32. The molecule has 0 spiro atoms. The van der Waals surface area contributed by atoms with Gasteiger partial charge in [-0.25, -0.2) is 0 Å². The molecule has 2 aliphatic rings. The quantitative estimate of drug-likeness (QED) is 0.408. The van der Waals surface area contributed by atoms with Crippen LogP contribution in [0.1, 0.15) is 31.4 Å². The second-order valence-corrected chi connectivity index (χ2v) is 8.51. The van der Waals surface area contributed by atoms with E-state index in [9.17, 15) is 4.79 Å². The van der Waals surface area contributed by atoms with Gasteiger partial charge in [0.1, 0.15) is 24.0 Å². The first kappa shape index (κ1) is 23.6. The number of hydrogen-bond donors (Lipinski definition) is 1. The third-order valence-electron chi connectivity index (χ3n) is 5.07. The summed E-state index contributed by atoms with van der Waals surface area (Å²) in [4.78, 5) is 16.7. The maximum atomic E-state index is 12.6. The topological polar surface area (TPSA) is 96.6 Å². The van der Waals surface area contributed by atoms with Crippen LogP contribution in [0.3, 0.4) is 0 Å². The van der Waals surface area contributed by atoms with Crippen molar-refractivity contribution in [2.75, 3.05) is 19.8 Å². The van der Waals surface area contributed by atoms with Gasteiger partial charge in [-0.05, 0) is 67.4 Å². The van der Waals surface area contributed by atoms with Crippen molar-refractivity contribution < 1.29 is 19.0 Å². The zero-order valence-corrected chi connectivity index (χ0v) is 20.1. The number of hydrogen-bond acceptors (Lipinski definition) is 7. The van der Waals surface area contributed by atoms with Crippen LogP contribution < -0.4 is 14.2 Å². The van der Waals surface area contributed by atoms with Gasteiger partial charge in [-0.15, -0.1) is 0 Å². The highest BCUT2D eigenvalue weighted by molar-refractivity contribution is 8.26. The molecule has 4 rings (SSSR count). The number of carbonyl (C=O) groups excluding carboxylic acids is 1. The van der Waals surface area contributed by atoms with Gasteiger partial charge in [0, 0.05) is 0 Å². The Kier molecular flexibility index (Phi) is 7.32. The molecule has 0 unspecified atom stereocenters. The average molecular weight is 479 g/mol. The number of nitrogens with one attached hydrogen (secondary N) is 1. The predicted molar refractivity (Wildman–Crippen MR) is 135 cm³/mol. The van der Waals surface area contributed by atoms with Crippen molar-refractivity contribution in [3.8, 4) is 17.2 Å². The Hall–Kier alpha value is -3.59. The fourth-order valence-electron chi connectivity index (χ4n) is 3.36. The Labute approximate surface area is 202 Å². The first-order chi connectivity index (χ1) is 16.5. The summed E-state index contributed by atoms with van der Waals surface area (Å²) < 4.78 is 17.4. The molecule has 34 heavy (non-hydrogen) atoms. The SMILES string of the molecule is CCOc1cc(/C=C2\C(=N)N3N=C(CC)SC3=NC2=O)ccc1OCCOc1ccccc1C. The number of aryl methyl sites for hydroxylation is 1. The third kappa shape index (κ3) is 5.14. The fourth-order valence-corrected chi connectivity index (χ4v) is 4.19. The molecule has 0 radical (unpaired) electrons. The Bertz CT molecular complexity index is 1210. The Morgan fingerprint density at radius 3 is 2.53 bits per heavy atom. The Morgan fingerprint density at radius 2 is 1.79 bits per heavy atom. The van der Waals surface area contributed by atoms with Gasteiger partial charge in [0.25, 0.3) is 5.91 Å². The lowest BCUT2D eigenvalue weighted by Crippen LogP contribution is -2.35. The molecule has 0 fully saturated rings. The maximum Gasteiger partial charge on any atom is 0.283 e. The lowest BCUT2D eigenvalue weighted by molar-refractivity contribution is -0.114. The first-order valence-corrected chi connectivity index (χ1v) is 11.9. The molecule has 2 heterocycles. The summed E-state index contributed by atoms with van der Waals surface area (Å²) in [5, 5.41) is 15.5. The van der Waals surface area contributed by atoms with Gasteiger partial charge in [-0.1, -0.05) is 31.2 Å². The summed E-state index contributed by atoms with van der Waals surface area (Å²) >= 11 is 1.32. The van der Waals surface area contributed by atoms with E-state index in [0.29, 0.717) is 42.1 Å². The van der Waals surface area contributed by atoms with Crippen molar-refractivity contribution in [2.45, 2.75) is 27.2 Å². The summed E-state index contributed by atoms with van der Waals surface area (Å²) in [7, 11) is 0. The predicted octanol–water partition coefficient (Wildman–Crippen LogP) is 4.88. The maximum absolute atomic E-state index is 12.6. The van der Waals surface area contributed by atoms with Crippen LogP contribution in [0, 0.1) is 12.3 Å². The second-order valence-electron chi connectivity index (χ2n) is 7.47. The molecular formula is C25H26N4O4S. The summed E-state index contributed by atoms with van der Waals surface area (Å²) in [5.41, 5.74) is 1.94. The van der Waals surface area contributed by atoms with Crippen LogP contribution in [-0.4, -0.2) is 46.8 Å². The highest BCUT2D eigenvalue weighted by atomic mass is 32.2. The zero-order valence-electron chi connectivity index (χ0n) is 19.3. The van der Waals surface area contributed by atoms with Gasteiger partial charge in [-0.2, -0.15) is 15.1 Å². The van der Waals surface area contributed by atoms with Crippen LogP contribution in [0.25, 0.3) is 6.08 Å². The van der Waals surface area contributed by atoms with Crippen LogP contribution in [0.15, 0.2) is 58.1 Å². The minimum atomic E-state index is -0.456. The smallest absolute Gasteiger partial charge is 0.283 e. The van der Waals surface area contributed by atoms with Gasteiger partial charge in [0.15, 0.2) is 17.3 Å². The number of nitrogens with zero attached hydrogens (tertiary/aromatic N) is 3. The summed E-state index contributed by atoms with van der Waals surface area (Å²) in [6, 6.07) is 13.2. The van der Waals surface area contributed by atoms with E-state index in [1.807, 2.05) is 51.1 Å². The van der Waals surface area contributed by atoms with E-state index in [2.05, 4.69) is 10.1 Å². The van der Waals surface area contributed by atoms with E-state index >= 15 is 0 Å². The normalized spacial score (nSPS) is 16.3. The molecule has 176 valence electrons. The van der Waals surface area contributed by atoms with Crippen molar-refractivity contribution in [3.63, 3.8) is 0 Å². The van der Waals surface area contributed by atoms with E-state index in [1.54, 1.807) is 18.2 Å². The van der Waals surface area contributed by atoms with Gasteiger partial charge in [-0.3, -0.25) is 10.2 Å². The van der Waals surface area contributed by atoms with Gasteiger partial charge >= 0.3 is 0 Å². The van der Waals surface area contributed by atoms with E-state index in [4.69, 9.17) is 19.6 Å². The van der Waals surface area contributed by atoms with Gasteiger partial charge in [0.2, 0.25) is 5.17 Å². The molecule has 1 amide bonds. The molecule has 9 heteroatoms. The fraction of sp³-hybridized carbons (Fsp3) is 0.280. The average Bonchev–Trinajstić information content (AvgIpc) is 3.25. The number of carbonyl (C=O) groups is 1. The molecule has 0 aliphatic carbocycles. The largest absolute Gasteiger partial charge is 0.490 e. The second kappa shape index (κ2) is 10.6. The van der Waals surface area contributed by atoms with Crippen molar-refractivity contribution in [3.05, 3.63) is 59.2 Å². The van der Waals surface area contributed by atoms with E-state index in [1.165, 1.54) is 16.8 Å². The lowest BCUT2D eigenvalue weighted by atomic mass is 10.1. The van der Waals surface area contributed by atoms with E-state index in [-0.39, 0.29) is 11.4 Å². The molecule has 0 bridgehead atoms. The third-order valence-corrected chi connectivity index (χ3v) is 6.12. The van der Waals surface area contributed by atoms with Crippen LogP contribution in [0.4, 0.5) is 0 Å². The molecule has 2 aliphatic heterocycles. The number of amidine groups is 2. The summed E-state index contributed by atoms with van der Waals surface area (Å²) in [6.07, 6.45) is 2.35. The molecule has 8 nitrogen and oxygen atoms in total. The van der Waals surface area contributed by atoms with Crippen LogP contribution >= 0.6 is 11.8 Å². The molecule has 0 saturated carbocycles. The van der Waals surface area contributed by atoms with Crippen LogP contribution in [-0.2, 0) is 4.79 Å². The molecule has 1 N–H and O–H groups in total. The molecule has 2 aromatic rings. The van der Waals surface area contributed by atoms with E-state index in [0.717, 1.165) is 22.8 Å². The molecule has 0 atom stereocenters. The van der Waals surface area contributed by atoms with Gasteiger partial charge < -0.3 is 14.2 Å². The standard InChI is InChI=1S/C25H26N4O4S/c1-4-22-28-29-23(26)18(24(30)27-25(29)34-22)14-17-10-11-20(21(15-17)31-5-2)33-13-12-32-19-9-7-6-8-16(19)3/h6-11,14-15,26H,4-5,12-13H2,1-3H3/b18-14+,26-23?. The number of hydrazone groups is 1. The van der Waals surface area contributed by atoms with Crippen molar-refractivity contribution >= 4 is 39.8 Å². The molecule has 0 saturated heterocycles. The monoisotopic (exact) mass is 478 g/mol. The van der Waals surface area contributed by atoms with Crippen molar-refractivity contribution in [2.24, 2.45) is 10.1 Å². The van der Waals surface area contributed by atoms with Crippen molar-refractivity contribution in [1.82, 2.24) is 5.01 Å². The zero-order chi connectivity index (χ0) is 24.1. The Morgan fingerprint density at radius 1 is 1.03 bits per heavy atom. The summed E-state index contributed by atoms with van der Waals surface area (Å²) in [5.74, 6) is 1.52. The number of fused-ring (bicyclic) bond motifs is 1. The number of aliphatic imine (C=N–C) groups is 1. The van der Waals surface area contributed by atoms with Crippen LogP contribution in [0.5, 0.6) is 17.2 Å². The summed E-state index contributed by atoms with van der Waals surface area (Å²) in [6.45, 7) is 7.05. The Balaban J connectivity index is 1.47. The number of amides is 1.